The zero-order valence-electron chi connectivity index (χ0n) is 14.0. The van der Waals surface area contributed by atoms with Crippen LogP contribution in [-0.2, 0) is 4.79 Å². The van der Waals surface area contributed by atoms with Gasteiger partial charge in [0.05, 0.1) is 0 Å². The van der Waals surface area contributed by atoms with Gasteiger partial charge >= 0.3 is 0 Å². The van der Waals surface area contributed by atoms with Crippen molar-refractivity contribution in [3.63, 3.8) is 0 Å². The van der Waals surface area contributed by atoms with Gasteiger partial charge in [-0.25, -0.2) is 0 Å². The number of nitrogens with zero attached hydrogens (tertiary/aromatic N) is 1. The highest BCUT2D eigenvalue weighted by molar-refractivity contribution is 5.85. The van der Waals surface area contributed by atoms with Crippen LogP contribution in [-0.4, -0.2) is 42.1 Å². The van der Waals surface area contributed by atoms with Gasteiger partial charge in [-0.1, -0.05) is 12.1 Å². The Morgan fingerprint density at radius 2 is 1.75 bits per heavy atom. The van der Waals surface area contributed by atoms with E-state index < -0.39 is 0 Å². The van der Waals surface area contributed by atoms with Crippen molar-refractivity contribution in [1.29, 1.82) is 0 Å². The van der Waals surface area contributed by atoms with Crippen LogP contribution in [0.25, 0.3) is 0 Å². The number of hydrogen-bond acceptors (Lipinski definition) is 3. The first-order valence-corrected chi connectivity index (χ1v) is 8.96. The SMILES string of the molecule is Cl.O=C(C1CC12CCNCC2)N1CCC(c2ccc(O)cc2)CC1. The molecule has 1 atom stereocenters. The number of nitrogens with one attached hydrogen (secondary N) is 1. The number of piperidine rings is 2. The molecule has 1 aromatic carbocycles. The second kappa shape index (κ2) is 6.93. The van der Waals surface area contributed by atoms with Crippen LogP contribution >= 0.6 is 12.4 Å². The zero-order chi connectivity index (χ0) is 15.9. The van der Waals surface area contributed by atoms with Crippen LogP contribution in [0.2, 0.25) is 0 Å². The smallest absolute Gasteiger partial charge is 0.226 e. The number of rotatable bonds is 2. The Bertz CT molecular complexity index is 576. The van der Waals surface area contributed by atoms with E-state index in [-0.39, 0.29) is 12.4 Å². The lowest BCUT2D eigenvalue weighted by molar-refractivity contribution is -0.134. The number of carbonyl (C=O) groups is 1. The number of amides is 1. The standard InChI is InChI=1S/C19H26N2O2.ClH/c22-16-3-1-14(2-4-16)15-5-11-21(12-6-15)18(23)17-13-19(17)7-9-20-10-8-19;/h1-4,15,17,20,22H,5-13H2;1H. The molecule has 1 saturated carbocycles. The summed E-state index contributed by atoms with van der Waals surface area (Å²) in [5.74, 6) is 1.56. The molecule has 1 unspecified atom stereocenters. The van der Waals surface area contributed by atoms with Gasteiger partial charge in [0.2, 0.25) is 5.91 Å². The van der Waals surface area contributed by atoms with Crippen LogP contribution in [0, 0.1) is 11.3 Å². The molecule has 3 fully saturated rings. The molecule has 24 heavy (non-hydrogen) atoms. The zero-order valence-corrected chi connectivity index (χ0v) is 14.9. The second-order valence-electron chi connectivity index (χ2n) is 7.56. The number of likely N-dealkylation sites (tertiary alicyclic amines) is 1. The van der Waals surface area contributed by atoms with Crippen LogP contribution < -0.4 is 5.32 Å². The Hall–Kier alpha value is -1.26. The molecule has 2 saturated heterocycles. The van der Waals surface area contributed by atoms with E-state index in [2.05, 4.69) is 10.2 Å². The molecular weight excluding hydrogens is 324 g/mol. The van der Waals surface area contributed by atoms with Crippen molar-refractivity contribution in [2.75, 3.05) is 26.2 Å². The Balaban J connectivity index is 0.00000169. The average molecular weight is 351 g/mol. The van der Waals surface area contributed by atoms with Crippen molar-refractivity contribution >= 4 is 18.3 Å². The molecule has 4 rings (SSSR count). The summed E-state index contributed by atoms with van der Waals surface area (Å²) >= 11 is 0. The maximum absolute atomic E-state index is 12.8. The van der Waals surface area contributed by atoms with Gasteiger partial charge in [-0.05, 0) is 74.2 Å². The molecule has 3 aliphatic rings. The molecule has 0 radical (unpaired) electrons. The maximum atomic E-state index is 12.8. The van der Waals surface area contributed by atoms with E-state index in [1.807, 2.05) is 12.1 Å². The number of phenols is 1. The quantitative estimate of drug-likeness (QED) is 0.862. The molecule has 0 aromatic heterocycles. The minimum absolute atomic E-state index is 0. The molecule has 1 spiro atoms. The Morgan fingerprint density at radius 1 is 1.12 bits per heavy atom. The highest BCUT2D eigenvalue weighted by Crippen LogP contribution is 2.59. The first-order valence-electron chi connectivity index (χ1n) is 8.96. The summed E-state index contributed by atoms with van der Waals surface area (Å²) in [6.45, 7) is 3.92. The van der Waals surface area contributed by atoms with Gasteiger partial charge in [0, 0.05) is 19.0 Å². The van der Waals surface area contributed by atoms with E-state index in [4.69, 9.17) is 0 Å². The number of aromatic hydroxyl groups is 1. The number of phenolic OH excluding ortho intramolecular Hbond substituents is 1. The van der Waals surface area contributed by atoms with Crippen molar-refractivity contribution in [3.8, 4) is 5.75 Å². The third kappa shape index (κ3) is 3.27. The summed E-state index contributed by atoms with van der Waals surface area (Å²) in [7, 11) is 0. The lowest BCUT2D eigenvalue weighted by Gasteiger charge is -2.33. The molecule has 5 heteroatoms. The van der Waals surface area contributed by atoms with Crippen LogP contribution in [0.15, 0.2) is 24.3 Å². The molecule has 4 nitrogen and oxygen atoms in total. The predicted octanol–water partition coefficient (Wildman–Crippen LogP) is 2.91. The fourth-order valence-corrected chi connectivity index (χ4v) is 4.57. The first kappa shape index (κ1) is 17.6. The fourth-order valence-electron chi connectivity index (χ4n) is 4.57. The Morgan fingerprint density at radius 3 is 2.38 bits per heavy atom. The highest BCUT2D eigenvalue weighted by Gasteiger charge is 2.58. The van der Waals surface area contributed by atoms with Crippen LogP contribution in [0.5, 0.6) is 5.75 Å². The molecule has 132 valence electrons. The molecule has 2 heterocycles. The molecule has 1 aliphatic carbocycles. The highest BCUT2D eigenvalue weighted by atomic mass is 35.5. The average Bonchev–Trinajstić information content (AvgIpc) is 3.28. The van der Waals surface area contributed by atoms with Crippen LogP contribution in [0.3, 0.4) is 0 Å². The first-order chi connectivity index (χ1) is 11.2. The molecule has 1 aromatic rings. The summed E-state index contributed by atoms with van der Waals surface area (Å²) < 4.78 is 0. The van der Waals surface area contributed by atoms with Gasteiger partial charge in [0.15, 0.2) is 0 Å². The van der Waals surface area contributed by atoms with Gasteiger partial charge < -0.3 is 15.3 Å². The molecule has 1 amide bonds. The van der Waals surface area contributed by atoms with E-state index in [0.717, 1.165) is 45.4 Å². The topological polar surface area (TPSA) is 52.6 Å². The third-order valence-electron chi connectivity index (χ3n) is 6.26. The normalized spacial score (nSPS) is 26.0. The second-order valence-corrected chi connectivity index (χ2v) is 7.56. The van der Waals surface area contributed by atoms with Crippen molar-refractivity contribution in [1.82, 2.24) is 10.2 Å². The van der Waals surface area contributed by atoms with Crippen molar-refractivity contribution in [2.45, 2.75) is 38.0 Å². The monoisotopic (exact) mass is 350 g/mol. The van der Waals surface area contributed by atoms with Crippen molar-refractivity contribution < 1.29 is 9.90 Å². The number of hydrogen-bond donors (Lipinski definition) is 2. The van der Waals surface area contributed by atoms with Crippen molar-refractivity contribution in [3.05, 3.63) is 29.8 Å². The van der Waals surface area contributed by atoms with E-state index in [1.54, 1.807) is 12.1 Å². The molecule has 2 N–H and O–H groups in total. The number of carbonyl (C=O) groups excluding carboxylic acids is 1. The van der Waals surface area contributed by atoms with E-state index in [9.17, 15) is 9.90 Å². The lowest BCUT2D eigenvalue weighted by Crippen LogP contribution is -2.40. The van der Waals surface area contributed by atoms with E-state index >= 15 is 0 Å². The molecular formula is C19H27ClN2O2. The van der Waals surface area contributed by atoms with Crippen molar-refractivity contribution in [2.24, 2.45) is 11.3 Å². The summed E-state index contributed by atoms with van der Waals surface area (Å²) in [6.07, 6.45) is 5.54. The van der Waals surface area contributed by atoms with Gasteiger partial charge in [-0.2, -0.15) is 0 Å². The predicted molar refractivity (Wildman–Crippen MR) is 96.6 cm³/mol. The van der Waals surface area contributed by atoms with Gasteiger partial charge in [0.1, 0.15) is 5.75 Å². The van der Waals surface area contributed by atoms with Gasteiger partial charge in [-0.3, -0.25) is 4.79 Å². The minimum Gasteiger partial charge on any atom is -0.508 e. The number of halogens is 1. The van der Waals surface area contributed by atoms with Gasteiger partial charge in [-0.15, -0.1) is 12.4 Å². The van der Waals surface area contributed by atoms with E-state index in [1.165, 1.54) is 18.4 Å². The lowest BCUT2D eigenvalue weighted by atomic mass is 9.88. The summed E-state index contributed by atoms with van der Waals surface area (Å²) in [5, 5.41) is 12.8. The fraction of sp³-hybridized carbons (Fsp3) is 0.632. The Labute approximate surface area is 150 Å². The van der Waals surface area contributed by atoms with Crippen LogP contribution in [0.4, 0.5) is 0 Å². The summed E-state index contributed by atoms with van der Waals surface area (Å²) in [5.41, 5.74) is 1.63. The summed E-state index contributed by atoms with van der Waals surface area (Å²) in [6, 6.07) is 7.56. The third-order valence-corrected chi connectivity index (χ3v) is 6.26. The molecule has 2 aliphatic heterocycles. The van der Waals surface area contributed by atoms with Gasteiger partial charge in [0.25, 0.3) is 0 Å². The minimum atomic E-state index is 0. The largest absolute Gasteiger partial charge is 0.508 e. The summed E-state index contributed by atoms with van der Waals surface area (Å²) in [4.78, 5) is 14.9. The molecule has 0 bridgehead atoms. The maximum Gasteiger partial charge on any atom is 0.226 e. The van der Waals surface area contributed by atoms with E-state index in [0.29, 0.717) is 28.9 Å². The Kier molecular flexibility index (Phi) is 5.07. The van der Waals surface area contributed by atoms with Crippen LogP contribution in [0.1, 0.15) is 43.6 Å². The number of benzene rings is 1.